The van der Waals surface area contributed by atoms with Crippen molar-refractivity contribution >= 4 is 5.91 Å². The number of methoxy groups -OCH3 is 1. The summed E-state index contributed by atoms with van der Waals surface area (Å²) in [7, 11) is 1.76. The average molecular weight is 223 g/mol. The molecule has 0 radical (unpaired) electrons. The van der Waals surface area contributed by atoms with Crippen molar-refractivity contribution in [3.63, 3.8) is 0 Å². The molecule has 90 valence electrons. The fourth-order valence-corrected chi connectivity index (χ4v) is 3.35. The average Bonchev–Trinajstić information content (AvgIpc) is 2.84. The van der Waals surface area contributed by atoms with Gasteiger partial charge in [-0.05, 0) is 50.4 Å². The highest BCUT2D eigenvalue weighted by molar-refractivity contribution is 5.79. The number of nitrogens with one attached hydrogen (secondary N) is 1. The summed E-state index contributed by atoms with van der Waals surface area (Å²) in [6.07, 6.45) is 7.08. The Bertz CT molecular complexity index is 283. The lowest BCUT2D eigenvalue weighted by molar-refractivity contribution is -0.128. The molecule has 0 bridgehead atoms. The van der Waals surface area contributed by atoms with E-state index >= 15 is 0 Å². The molecule has 3 heteroatoms. The predicted molar refractivity (Wildman–Crippen MR) is 60.9 cm³/mol. The third-order valence-corrected chi connectivity index (χ3v) is 4.90. The zero-order valence-electron chi connectivity index (χ0n) is 10.00. The van der Waals surface area contributed by atoms with Crippen LogP contribution in [0.3, 0.4) is 0 Å². The Balaban J connectivity index is 1.46. The Kier molecular flexibility index (Phi) is 2.46. The smallest absolute Gasteiger partial charge is 0.223 e. The Morgan fingerprint density at radius 1 is 1.31 bits per heavy atom. The van der Waals surface area contributed by atoms with Crippen LogP contribution in [0.4, 0.5) is 0 Å². The third kappa shape index (κ3) is 1.75. The second kappa shape index (κ2) is 3.73. The van der Waals surface area contributed by atoms with Crippen molar-refractivity contribution < 1.29 is 9.53 Å². The minimum Gasteiger partial charge on any atom is -0.376 e. The molecule has 3 rings (SSSR count). The summed E-state index contributed by atoms with van der Waals surface area (Å²) in [5.74, 6) is 2.35. The van der Waals surface area contributed by atoms with E-state index in [1.165, 1.54) is 12.8 Å². The van der Waals surface area contributed by atoms with Crippen molar-refractivity contribution in [3.05, 3.63) is 0 Å². The van der Waals surface area contributed by atoms with Gasteiger partial charge in [-0.2, -0.15) is 0 Å². The molecule has 0 aromatic rings. The zero-order valence-corrected chi connectivity index (χ0v) is 10.00. The lowest BCUT2D eigenvalue weighted by atomic mass is 9.80. The largest absolute Gasteiger partial charge is 0.376 e. The van der Waals surface area contributed by atoms with Crippen molar-refractivity contribution in [3.8, 4) is 0 Å². The van der Waals surface area contributed by atoms with Gasteiger partial charge in [-0.25, -0.2) is 0 Å². The van der Waals surface area contributed by atoms with Gasteiger partial charge in [0.25, 0.3) is 0 Å². The number of hydrogen-bond acceptors (Lipinski definition) is 2. The van der Waals surface area contributed by atoms with Crippen LogP contribution in [0.1, 0.15) is 38.5 Å². The van der Waals surface area contributed by atoms with Crippen molar-refractivity contribution in [2.24, 2.45) is 17.8 Å². The standard InChI is InChI=1S/C13H21NO2/c1-16-13(3-2-4-13)8-14-12(15)11-6-9-5-10(9)7-11/h9-11H,2-8H2,1H3,(H,14,15). The Labute approximate surface area is 96.9 Å². The van der Waals surface area contributed by atoms with Crippen molar-refractivity contribution in [1.82, 2.24) is 5.32 Å². The number of amides is 1. The van der Waals surface area contributed by atoms with E-state index in [9.17, 15) is 4.79 Å². The minimum absolute atomic E-state index is 0.0306. The minimum atomic E-state index is -0.0306. The van der Waals surface area contributed by atoms with E-state index in [2.05, 4.69) is 5.32 Å². The van der Waals surface area contributed by atoms with Crippen LogP contribution in [0.5, 0.6) is 0 Å². The number of carbonyl (C=O) groups excluding carboxylic acids is 1. The Hall–Kier alpha value is -0.570. The summed E-state index contributed by atoms with van der Waals surface area (Å²) in [5, 5.41) is 3.10. The van der Waals surface area contributed by atoms with Crippen LogP contribution < -0.4 is 5.32 Å². The molecule has 3 aliphatic carbocycles. The number of hydrogen-bond donors (Lipinski definition) is 1. The summed E-state index contributed by atoms with van der Waals surface area (Å²) in [5.41, 5.74) is -0.0306. The van der Waals surface area contributed by atoms with Gasteiger partial charge in [0, 0.05) is 19.6 Å². The Morgan fingerprint density at radius 3 is 2.50 bits per heavy atom. The lowest BCUT2D eigenvalue weighted by Crippen LogP contribution is -2.50. The Morgan fingerprint density at radius 2 is 2.00 bits per heavy atom. The molecular weight excluding hydrogens is 202 g/mol. The van der Waals surface area contributed by atoms with Gasteiger partial charge in [0.1, 0.15) is 0 Å². The van der Waals surface area contributed by atoms with Crippen LogP contribution >= 0.6 is 0 Å². The first-order valence-electron chi connectivity index (χ1n) is 6.55. The van der Waals surface area contributed by atoms with Crippen LogP contribution in [0, 0.1) is 17.8 Å². The molecule has 2 unspecified atom stereocenters. The molecule has 16 heavy (non-hydrogen) atoms. The molecule has 1 amide bonds. The van der Waals surface area contributed by atoms with Crippen molar-refractivity contribution in [2.75, 3.05) is 13.7 Å². The van der Waals surface area contributed by atoms with Gasteiger partial charge in [0.05, 0.1) is 5.60 Å². The first-order chi connectivity index (χ1) is 7.72. The molecule has 0 heterocycles. The van der Waals surface area contributed by atoms with E-state index in [-0.39, 0.29) is 11.5 Å². The molecule has 1 N–H and O–H groups in total. The quantitative estimate of drug-likeness (QED) is 0.788. The first-order valence-corrected chi connectivity index (χ1v) is 6.55. The monoisotopic (exact) mass is 223 g/mol. The molecule has 0 aromatic carbocycles. The first kappa shape index (κ1) is 10.6. The van der Waals surface area contributed by atoms with Gasteiger partial charge in [0.15, 0.2) is 0 Å². The van der Waals surface area contributed by atoms with Crippen LogP contribution in [-0.4, -0.2) is 25.2 Å². The van der Waals surface area contributed by atoms with Crippen LogP contribution in [0.15, 0.2) is 0 Å². The van der Waals surface area contributed by atoms with Crippen LogP contribution in [-0.2, 0) is 9.53 Å². The van der Waals surface area contributed by atoms with Gasteiger partial charge < -0.3 is 10.1 Å². The van der Waals surface area contributed by atoms with Gasteiger partial charge in [-0.15, -0.1) is 0 Å². The fourth-order valence-electron chi connectivity index (χ4n) is 3.35. The maximum Gasteiger partial charge on any atom is 0.223 e. The fraction of sp³-hybridized carbons (Fsp3) is 0.923. The SMILES string of the molecule is COC1(CNC(=O)C2CC3CC3C2)CCC1. The van der Waals surface area contributed by atoms with Crippen LogP contribution in [0.25, 0.3) is 0 Å². The molecule has 0 aromatic heterocycles. The summed E-state index contributed by atoms with van der Waals surface area (Å²) >= 11 is 0. The number of rotatable bonds is 4. The highest BCUT2D eigenvalue weighted by atomic mass is 16.5. The molecule has 0 aliphatic heterocycles. The van der Waals surface area contributed by atoms with E-state index in [4.69, 9.17) is 4.74 Å². The topological polar surface area (TPSA) is 38.3 Å². The number of fused-ring (bicyclic) bond motifs is 1. The summed E-state index contributed by atoms with van der Waals surface area (Å²) in [6, 6.07) is 0. The predicted octanol–water partition coefficient (Wildman–Crippen LogP) is 1.72. The molecule has 0 saturated heterocycles. The molecule has 0 spiro atoms. The zero-order chi connectivity index (χ0) is 11.2. The molecule has 3 saturated carbocycles. The van der Waals surface area contributed by atoms with E-state index in [1.807, 2.05) is 0 Å². The third-order valence-electron chi connectivity index (χ3n) is 4.90. The van der Waals surface area contributed by atoms with Crippen molar-refractivity contribution in [1.29, 1.82) is 0 Å². The number of ether oxygens (including phenoxy) is 1. The maximum absolute atomic E-state index is 11.9. The molecule has 3 fully saturated rings. The second-order valence-corrected chi connectivity index (χ2v) is 5.88. The van der Waals surface area contributed by atoms with Crippen LogP contribution in [0.2, 0.25) is 0 Å². The second-order valence-electron chi connectivity index (χ2n) is 5.88. The maximum atomic E-state index is 11.9. The van der Waals surface area contributed by atoms with E-state index in [0.29, 0.717) is 12.5 Å². The van der Waals surface area contributed by atoms with Gasteiger partial charge in [-0.3, -0.25) is 4.79 Å². The van der Waals surface area contributed by atoms with Gasteiger partial charge >= 0.3 is 0 Å². The number of carbonyl (C=O) groups is 1. The van der Waals surface area contributed by atoms with Gasteiger partial charge in [-0.1, -0.05) is 0 Å². The summed E-state index contributed by atoms with van der Waals surface area (Å²) in [6.45, 7) is 0.716. The molecule has 3 aliphatic rings. The van der Waals surface area contributed by atoms with Gasteiger partial charge in [0.2, 0.25) is 5.91 Å². The van der Waals surface area contributed by atoms with Crippen molar-refractivity contribution in [2.45, 2.75) is 44.1 Å². The highest BCUT2D eigenvalue weighted by Crippen LogP contribution is 2.54. The van der Waals surface area contributed by atoms with E-state index in [0.717, 1.165) is 37.5 Å². The van der Waals surface area contributed by atoms with E-state index in [1.54, 1.807) is 7.11 Å². The summed E-state index contributed by atoms with van der Waals surface area (Å²) < 4.78 is 5.50. The molecular formula is C13H21NO2. The highest BCUT2D eigenvalue weighted by Gasteiger charge is 2.48. The van der Waals surface area contributed by atoms with E-state index < -0.39 is 0 Å². The molecule has 3 nitrogen and oxygen atoms in total. The summed E-state index contributed by atoms with van der Waals surface area (Å²) in [4.78, 5) is 11.9. The normalized spacial score (nSPS) is 38.7. The molecule has 2 atom stereocenters. The lowest BCUT2D eigenvalue weighted by Gasteiger charge is -2.40.